The van der Waals surface area contributed by atoms with Gasteiger partial charge in [-0.25, -0.2) is 0 Å². The van der Waals surface area contributed by atoms with E-state index in [9.17, 15) is 4.79 Å². The SMILES string of the molecule is Cl.Nc1ccccc1NC(=O)CCCOCCc1ccccc1. The highest BCUT2D eigenvalue weighted by Gasteiger charge is 2.04. The quantitative estimate of drug-likeness (QED) is 0.572. The molecule has 23 heavy (non-hydrogen) atoms. The van der Waals surface area contributed by atoms with E-state index in [1.807, 2.05) is 30.3 Å². The van der Waals surface area contributed by atoms with Crippen molar-refractivity contribution in [2.75, 3.05) is 24.3 Å². The van der Waals surface area contributed by atoms with Crippen LogP contribution in [-0.4, -0.2) is 19.1 Å². The summed E-state index contributed by atoms with van der Waals surface area (Å²) in [6, 6.07) is 17.5. The van der Waals surface area contributed by atoms with Crippen molar-refractivity contribution >= 4 is 29.7 Å². The van der Waals surface area contributed by atoms with E-state index in [1.165, 1.54) is 5.56 Å². The molecular formula is C18H23ClN2O2. The summed E-state index contributed by atoms with van der Waals surface area (Å²) in [6.45, 7) is 1.27. The highest BCUT2D eigenvalue weighted by Crippen LogP contribution is 2.16. The Morgan fingerprint density at radius 3 is 2.43 bits per heavy atom. The first-order valence-corrected chi connectivity index (χ1v) is 7.52. The van der Waals surface area contributed by atoms with E-state index in [4.69, 9.17) is 10.5 Å². The van der Waals surface area contributed by atoms with Gasteiger partial charge in [0.1, 0.15) is 0 Å². The number of carbonyl (C=O) groups is 1. The maximum atomic E-state index is 11.8. The lowest BCUT2D eigenvalue weighted by Gasteiger charge is -2.08. The molecule has 0 atom stereocenters. The maximum absolute atomic E-state index is 11.8. The van der Waals surface area contributed by atoms with Crippen molar-refractivity contribution < 1.29 is 9.53 Å². The van der Waals surface area contributed by atoms with Crippen LogP contribution in [0.15, 0.2) is 54.6 Å². The number of ether oxygens (including phenoxy) is 1. The first-order chi connectivity index (χ1) is 10.8. The third-order valence-electron chi connectivity index (χ3n) is 3.31. The standard InChI is InChI=1S/C18H22N2O2.ClH/c19-16-9-4-5-10-17(16)20-18(21)11-6-13-22-14-12-15-7-2-1-3-8-15;/h1-5,7-10H,6,11-14,19H2,(H,20,21);1H. The van der Waals surface area contributed by atoms with Crippen LogP contribution in [0.1, 0.15) is 18.4 Å². The van der Waals surface area contributed by atoms with Crippen LogP contribution in [0, 0.1) is 0 Å². The van der Waals surface area contributed by atoms with Crippen LogP contribution >= 0.6 is 12.4 Å². The topological polar surface area (TPSA) is 64.3 Å². The first-order valence-electron chi connectivity index (χ1n) is 7.52. The van der Waals surface area contributed by atoms with Crippen LogP contribution in [0.5, 0.6) is 0 Å². The van der Waals surface area contributed by atoms with E-state index in [0.29, 0.717) is 37.4 Å². The molecule has 3 N–H and O–H groups in total. The summed E-state index contributed by atoms with van der Waals surface area (Å²) >= 11 is 0. The normalized spacial score (nSPS) is 9.91. The molecule has 0 unspecified atom stereocenters. The molecular weight excluding hydrogens is 312 g/mol. The Bertz CT molecular complexity index is 591. The predicted octanol–water partition coefficient (Wildman–Crippen LogP) is 3.67. The molecule has 2 rings (SSSR count). The molecule has 2 aromatic carbocycles. The van der Waals surface area contributed by atoms with Gasteiger partial charge < -0.3 is 15.8 Å². The lowest BCUT2D eigenvalue weighted by molar-refractivity contribution is -0.116. The van der Waals surface area contributed by atoms with Gasteiger partial charge in [0, 0.05) is 13.0 Å². The number of nitrogen functional groups attached to an aromatic ring is 1. The number of benzene rings is 2. The van der Waals surface area contributed by atoms with Gasteiger partial charge in [-0.15, -0.1) is 12.4 Å². The molecule has 0 radical (unpaired) electrons. The average Bonchev–Trinajstić information content (AvgIpc) is 2.54. The van der Waals surface area contributed by atoms with Crippen LogP contribution in [0.3, 0.4) is 0 Å². The van der Waals surface area contributed by atoms with Gasteiger partial charge in [-0.3, -0.25) is 4.79 Å². The van der Waals surface area contributed by atoms with Crippen molar-refractivity contribution in [3.8, 4) is 0 Å². The number of para-hydroxylation sites is 2. The van der Waals surface area contributed by atoms with Gasteiger partial charge in [0.05, 0.1) is 18.0 Å². The van der Waals surface area contributed by atoms with E-state index in [2.05, 4.69) is 17.4 Å². The monoisotopic (exact) mass is 334 g/mol. The number of hydrogen-bond donors (Lipinski definition) is 2. The van der Waals surface area contributed by atoms with Gasteiger partial charge >= 0.3 is 0 Å². The minimum Gasteiger partial charge on any atom is -0.397 e. The van der Waals surface area contributed by atoms with Crippen molar-refractivity contribution in [1.29, 1.82) is 0 Å². The molecule has 2 aromatic rings. The molecule has 0 aromatic heterocycles. The summed E-state index contributed by atoms with van der Waals surface area (Å²) in [5, 5.41) is 2.81. The van der Waals surface area contributed by atoms with Crippen molar-refractivity contribution in [1.82, 2.24) is 0 Å². The third-order valence-corrected chi connectivity index (χ3v) is 3.31. The van der Waals surface area contributed by atoms with Crippen molar-refractivity contribution in [3.05, 3.63) is 60.2 Å². The Hall–Kier alpha value is -2.04. The number of rotatable bonds is 8. The van der Waals surface area contributed by atoms with Gasteiger partial charge in [-0.1, -0.05) is 42.5 Å². The largest absolute Gasteiger partial charge is 0.397 e. The predicted molar refractivity (Wildman–Crippen MR) is 96.9 cm³/mol. The van der Waals surface area contributed by atoms with Crippen LogP contribution in [0.4, 0.5) is 11.4 Å². The molecule has 5 heteroatoms. The molecule has 0 aliphatic carbocycles. The fraction of sp³-hybridized carbons (Fsp3) is 0.278. The first kappa shape index (κ1) is 19.0. The zero-order chi connectivity index (χ0) is 15.6. The molecule has 0 heterocycles. The Labute approximate surface area is 143 Å². The fourth-order valence-corrected chi connectivity index (χ4v) is 2.10. The number of anilines is 2. The van der Waals surface area contributed by atoms with Crippen molar-refractivity contribution in [2.45, 2.75) is 19.3 Å². The maximum Gasteiger partial charge on any atom is 0.224 e. The second-order valence-corrected chi connectivity index (χ2v) is 5.09. The van der Waals surface area contributed by atoms with Crippen LogP contribution in [0.2, 0.25) is 0 Å². The van der Waals surface area contributed by atoms with Crippen molar-refractivity contribution in [3.63, 3.8) is 0 Å². The summed E-state index contributed by atoms with van der Waals surface area (Å²) in [5.74, 6) is -0.0374. The molecule has 0 fully saturated rings. The van der Waals surface area contributed by atoms with Crippen LogP contribution < -0.4 is 11.1 Å². The smallest absolute Gasteiger partial charge is 0.224 e. The number of halogens is 1. The molecule has 1 amide bonds. The Morgan fingerprint density at radius 2 is 1.70 bits per heavy atom. The Kier molecular flexibility index (Phi) is 8.80. The molecule has 0 bridgehead atoms. The summed E-state index contributed by atoms with van der Waals surface area (Å²) in [4.78, 5) is 11.8. The molecule has 0 saturated heterocycles. The Balaban J connectivity index is 0.00000264. The molecule has 0 aliphatic heterocycles. The van der Waals surface area contributed by atoms with Crippen LogP contribution in [0.25, 0.3) is 0 Å². The fourth-order valence-electron chi connectivity index (χ4n) is 2.10. The minimum atomic E-state index is -0.0374. The average molecular weight is 335 g/mol. The van der Waals surface area contributed by atoms with E-state index in [1.54, 1.807) is 12.1 Å². The van der Waals surface area contributed by atoms with Gasteiger partial charge in [0.15, 0.2) is 0 Å². The number of nitrogens with one attached hydrogen (secondary N) is 1. The zero-order valence-corrected chi connectivity index (χ0v) is 13.9. The number of nitrogens with two attached hydrogens (primary N) is 1. The molecule has 4 nitrogen and oxygen atoms in total. The second kappa shape index (κ2) is 10.6. The molecule has 0 spiro atoms. The molecule has 0 aliphatic rings. The summed E-state index contributed by atoms with van der Waals surface area (Å²) in [6.07, 6.45) is 2.03. The summed E-state index contributed by atoms with van der Waals surface area (Å²) in [5.41, 5.74) is 8.29. The number of amides is 1. The molecule has 124 valence electrons. The van der Waals surface area contributed by atoms with Crippen LogP contribution in [-0.2, 0) is 16.0 Å². The third kappa shape index (κ3) is 7.17. The summed E-state index contributed by atoms with van der Waals surface area (Å²) < 4.78 is 5.56. The van der Waals surface area contributed by atoms with E-state index in [-0.39, 0.29) is 18.3 Å². The molecule has 0 saturated carbocycles. The second-order valence-electron chi connectivity index (χ2n) is 5.09. The van der Waals surface area contributed by atoms with Gasteiger partial charge in [0.2, 0.25) is 5.91 Å². The van der Waals surface area contributed by atoms with E-state index in [0.717, 1.165) is 6.42 Å². The Morgan fingerprint density at radius 1 is 1.00 bits per heavy atom. The summed E-state index contributed by atoms with van der Waals surface area (Å²) in [7, 11) is 0. The van der Waals surface area contributed by atoms with E-state index < -0.39 is 0 Å². The zero-order valence-electron chi connectivity index (χ0n) is 13.0. The number of carbonyl (C=O) groups excluding carboxylic acids is 1. The lowest BCUT2D eigenvalue weighted by Crippen LogP contribution is -2.13. The van der Waals surface area contributed by atoms with Gasteiger partial charge in [-0.05, 0) is 30.5 Å². The van der Waals surface area contributed by atoms with Gasteiger partial charge in [-0.2, -0.15) is 0 Å². The van der Waals surface area contributed by atoms with Gasteiger partial charge in [0.25, 0.3) is 0 Å². The highest BCUT2D eigenvalue weighted by molar-refractivity contribution is 5.93. The van der Waals surface area contributed by atoms with E-state index >= 15 is 0 Å². The number of hydrogen-bond acceptors (Lipinski definition) is 3. The lowest BCUT2D eigenvalue weighted by atomic mass is 10.2. The highest BCUT2D eigenvalue weighted by atomic mass is 35.5. The van der Waals surface area contributed by atoms with Crippen molar-refractivity contribution in [2.24, 2.45) is 0 Å². The minimum absolute atomic E-state index is 0.